The van der Waals surface area contributed by atoms with Crippen LogP contribution in [0.25, 0.3) is 0 Å². The predicted molar refractivity (Wildman–Crippen MR) is 178 cm³/mol. The number of hydrogen-bond donors (Lipinski definition) is 4. The van der Waals surface area contributed by atoms with Gasteiger partial charge in [-0.3, -0.25) is 24.5 Å². The van der Waals surface area contributed by atoms with Gasteiger partial charge in [-0.1, -0.05) is 55.4 Å². The largest absolute Gasteiger partial charge is 0.617 e. The molecule has 45 heavy (non-hydrogen) atoms. The predicted octanol–water partition coefficient (Wildman–Crippen LogP) is 1.08. The lowest BCUT2D eigenvalue weighted by Crippen LogP contribution is -2.65. The van der Waals surface area contributed by atoms with Crippen molar-refractivity contribution in [2.75, 3.05) is 18.6 Å². The van der Waals surface area contributed by atoms with Crippen LogP contribution in [-0.2, 0) is 36.8 Å². The van der Waals surface area contributed by atoms with E-state index in [9.17, 15) is 23.7 Å². The SMILES string of the molecule is CC(C)C[C@H](N)C(=O)NCC(=O)N(C1C2CC3CC(C2)CC1C3)[C@@H](Cc1ccccc1)C(=O)NC(=O)C(N)CC[S+](C)[O-].Cl.O. The lowest BCUT2D eigenvalue weighted by atomic mass is 9.53. The monoisotopic (exact) mass is 669 g/mol. The molecule has 4 aliphatic carbocycles. The molecule has 0 aliphatic heterocycles. The van der Waals surface area contributed by atoms with Gasteiger partial charge in [-0.15, -0.1) is 12.4 Å². The fraction of sp³-hybridized carbons (Fsp3) is 0.688. The molecule has 0 aromatic heterocycles. The Morgan fingerprint density at radius 2 is 1.51 bits per heavy atom. The van der Waals surface area contributed by atoms with E-state index < -0.39 is 47.0 Å². The van der Waals surface area contributed by atoms with Gasteiger partial charge in [0.05, 0.1) is 24.9 Å². The highest BCUT2D eigenvalue weighted by molar-refractivity contribution is 7.90. The third-order valence-corrected chi connectivity index (χ3v) is 10.3. The van der Waals surface area contributed by atoms with Crippen LogP contribution in [0.3, 0.4) is 0 Å². The molecular weight excluding hydrogens is 618 g/mol. The van der Waals surface area contributed by atoms with E-state index in [1.54, 1.807) is 4.90 Å². The number of carbonyl (C=O) groups is 4. The Kier molecular flexibility index (Phi) is 15.3. The normalized spacial score (nSPS) is 25.6. The number of halogens is 1. The van der Waals surface area contributed by atoms with Crippen LogP contribution in [0.15, 0.2) is 30.3 Å². The zero-order chi connectivity index (χ0) is 31.3. The van der Waals surface area contributed by atoms with E-state index in [4.69, 9.17) is 11.5 Å². The molecule has 0 radical (unpaired) electrons. The second-order valence-electron chi connectivity index (χ2n) is 13.4. The molecule has 4 amide bonds. The Labute approximate surface area is 276 Å². The van der Waals surface area contributed by atoms with Gasteiger partial charge < -0.3 is 31.7 Å². The fourth-order valence-electron chi connectivity index (χ4n) is 7.77. The van der Waals surface area contributed by atoms with Crippen molar-refractivity contribution in [2.45, 2.75) is 89.4 Å². The van der Waals surface area contributed by atoms with Gasteiger partial charge in [0.15, 0.2) is 0 Å². The number of nitrogens with two attached hydrogens (primary N) is 2. The van der Waals surface area contributed by atoms with E-state index >= 15 is 0 Å². The highest BCUT2D eigenvalue weighted by Gasteiger charge is 2.53. The van der Waals surface area contributed by atoms with Crippen LogP contribution in [0, 0.1) is 29.6 Å². The van der Waals surface area contributed by atoms with Crippen LogP contribution in [0.1, 0.15) is 64.4 Å². The molecule has 0 saturated heterocycles. The van der Waals surface area contributed by atoms with E-state index in [-0.39, 0.29) is 72.7 Å². The molecule has 4 saturated carbocycles. The van der Waals surface area contributed by atoms with Crippen molar-refractivity contribution in [1.82, 2.24) is 15.5 Å². The van der Waals surface area contributed by atoms with Gasteiger partial charge in [0.1, 0.15) is 11.8 Å². The maximum absolute atomic E-state index is 14.2. The fourth-order valence-corrected chi connectivity index (χ4v) is 8.36. The Morgan fingerprint density at radius 3 is 2.04 bits per heavy atom. The molecule has 2 unspecified atom stereocenters. The number of hydrogen-bond acceptors (Lipinski definition) is 7. The Bertz CT molecular complexity index is 1110. The molecule has 1 aromatic carbocycles. The first-order valence-corrected chi connectivity index (χ1v) is 17.4. The number of rotatable bonds is 14. The summed E-state index contributed by atoms with van der Waals surface area (Å²) in [5.41, 5.74) is 13.0. The van der Waals surface area contributed by atoms with E-state index in [1.165, 1.54) is 12.7 Å². The summed E-state index contributed by atoms with van der Waals surface area (Å²) in [5, 5.41) is 5.21. The minimum atomic E-state index is -1.12. The summed E-state index contributed by atoms with van der Waals surface area (Å²) in [6.45, 7) is 3.68. The van der Waals surface area contributed by atoms with Crippen LogP contribution in [0.2, 0.25) is 0 Å². The quantitative estimate of drug-likeness (QED) is 0.212. The van der Waals surface area contributed by atoms with Gasteiger partial charge in [-0.05, 0) is 73.7 Å². The molecular formula is C32H52ClN5O6S. The first-order valence-electron chi connectivity index (χ1n) is 15.7. The number of nitrogens with one attached hydrogen (secondary N) is 2. The van der Waals surface area contributed by atoms with Crippen molar-refractivity contribution in [3.8, 4) is 0 Å². The van der Waals surface area contributed by atoms with Crippen molar-refractivity contribution in [2.24, 2.45) is 41.1 Å². The number of nitrogens with zero attached hydrogens (tertiary/aromatic N) is 1. The minimum Gasteiger partial charge on any atom is -0.617 e. The number of carbonyl (C=O) groups excluding carboxylic acids is 4. The van der Waals surface area contributed by atoms with E-state index in [2.05, 4.69) is 10.6 Å². The Morgan fingerprint density at radius 1 is 0.933 bits per heavy atom. The first-order chi connectivity index (χ1) is 20.4. The molecule has 4 fully saturated rings. The molecule has 1 aromatic rings. The topological polar surface area (TPSA) is 202 Å². The average Bonchev–Trinajstić information content (AvgIpc) is 2.95. The highest BCUT2D eigenvalue weighted by atomic mass is 35.5. The van der Waals surface area contributed by atoms with E-state index in [0.29, 0.717) is 18.3 Å². The third kappa shape index (κ3) is 10.4. The van der Waals surface area contributed by atoms with Gasteiger partial charge in [-0.25, -0.2) is 0 Å². The number of amides is 4. The van der Waals surface area contributed by atoms with Crippen LogP contribution in [0.4, 0.5) is 0 Å². The van der Waals surface area contributed by atoms with E-state index in [1.807, 2.05) is 44.2 Å². The van der Waals surface area contributed by atoms with Gasteiger partial charge in [-0.2, -0.15) is 0 Å². The molecule has 4 bridgehead atoms. The second-order valence-corrected chi connectivity index (χ2v) is 15.0. The molecule has 4 atom stereocenters. The number of benzene rings is 1. The van der Waals surface area contributed by atoms with Crippen LogP contribution >= 0.6 is 12.4 Å². The molecule has 11 nitrogen and oxygen atoms in total. The molecule has 0 spiro atoms. The minimum absolute atomic E-state index is 0. The second kappa shape index (κ2) is 17.6. The molecule has 13 heteroatoms. The summed E-state index contributed by atoms with van der Waals surface area (Å²) >= 11 is -1.12. The molecule has 5 rings (SSSR count). The summed E-state index contributed by atoms with van der Waals surface area (Å²) in [6.07, 6.45) is 7.72. The van der Waals surface area contributed by atoms with Gasteiger partial charge >= 0.3 is 0 Å². The maximum Gasteiger partial charge on any atom is 0.249 e. The highest BCUT2D eigenvalue weighted by Crippen LogP contribution is 2.55. The Balaban J connectivity index is 0.00000353. The molecule has 0 heterocycles. The number of imide groups is 1. The lowest BCUT2D eigenvalue weighted by molar-refractivity contribution is -0.155. The van der Waals surface area contributed by atoms with Crippen molar-refractivity contribution < 1.29 is 29.2 Å². The summed E-state index contributed by atoms with van der Waals surface area (Å²) < 4.78 is 11.5. The van der Waals surface area contributed by atoms with Crippen LogP contribution < -0.4 is 22.1 Å². The maximum atomic E-state index is 14.2. The average molecular weight is 670 g/mol. The van der Waals surface area contributed by atoms with Crippen LogP contribution in [-0.4, -0.2) is 81.3 Å². The van der Waals surface area contributed by atoms with Crippen molar-refractivity contribution >= 4 is 47.2 Å². The zero-order valence-electron chi connectivity index (χ0n) is 26.6. The van der Waals surface area contributed by atoms with Gasteiger partial charge in [0.25, 0.3) is 0 Å². The van der Waals surface area contributed by atoms with Crippen molar-refractivity contribution in [3.05, 3.63) is 35.9 Å². The van der Waals surface area contributed by atoms with Crippen molar-refractivity contribution in [1.29, 1.82) is 0 Å². The summed E-state index contributed by atoms with van der Waals surface area (Å²) in [4.78, 5) is 55.7. The van der Waals surface area contributed by atoms with Gasteiger partial charge in [0, 0.05) is 18.9 Å². The summed E-state index contributed by atoms with van der Waals surface area (Å²) in [7, 11) is 0. The van der Waals surface area contributed by atoms with Crippen molar-refractivity contribution in [3.63, 3.8) is 0 Å². The van der Waals surface area contributed by atoms with Crippen LogP contribution in [0.5, 0.6) is 0 Å². The zero-order valence-corrected chi connectivity index (χ0v) is 28.2. The molecule has 4 aliphatic rings. The summed E-state index contributed by atoms with van der Waals surface area (Å²) in [6, 6.07) is 6.56. The van der Waals surface area contributed by atoms with Gasteiger partial charge in [0.2, 0.25) is 23.6 Å². The molecule has 8 N–H and O–H groups in total. The first kappa shape index (κ1) is 39.0. The summed E-state index contributed by atoms with van der Waals surface area (Å²) in [5.74, 6) is 0.302. The molecule has 254 valence electrons. The van der Waals surface area contributed by atoms with E-state index in [0.717, 1.165) is 31.2 Å². The lowest BCUT2D eigenvalue weighted by Gasteiger charge is -2.58. The standard InChI is InChI=1S/C32H49N5O5S.ClH.H2O/c1-19(2)11-26(34)30(39)35-18-28(38)37(29-23-13-21-12-22(15-23)16-24(29)14-21)27(17-20-7-5-4-6-8-20)32(41)36-31(40)25(33)9-10-43(3)42;;/h4-8,19,21-27,29H,9-18,33-34H2,1-3H3,(H,35,39)(H,36,40,41);1H;1H2/t21?,22?,23?,24?,25?,26-,27-,29?,43?;;/m0../s1. The third-order valence-electron chi connectivity index (χ3n) is 9.47. The smallest absolute Gasteiger partial charge is 0.249 e. The Hall–Kier alpha value is -2.22.